The van der Waals surface area contributed by atoms with Crippen LogP contribution in [0.3, 0.4) is 0 Å². The van der Waals surface area contributed by atoms with E-state index in [4.69, 9.17) is 23.7 Å². The van der Waals surface area contributed by atoms with Gasteiger partial charge in [-0.2, -0.15) is 0 Å². The molecule has 7 heteroatoms. The molecule has 4 rings (SSSR count). The van der Waals surface area contributed by atoms with Gasteiger partial charge in [-0.25, -0.2) is 0 Å². The van der Waals surface area contributed by atoms with Crippen molar-refractivity contribution in [2.45, 2.75) is 43.9 Å². The average Bonchev–Trinajstić information content (AvgIpc) is 2.88. The van der Waals surface area contributed by atoms with Gasteiger partial charge in [-0.15, -0.1) is 0 Å². The van der Waals surface area contributed by atoms with Crippen molar-refractivity contribution in [3.63, 3.8) is 0 Å². The molecule has 180 valence electrons. The Bertz CT molecular complexity index is 979. The number of methoxy groups -OCH3 is 1. The summed E-state index contributed by atoms with van der Waals surface area (Å²) in [6, 6.07) is 26.3. The first kappa shape index (κ1) is 24.2. The minimum atomic E-state index is -1.23. The highest BCUT2D eigenvalue weighted by atomic mass is 16.7. The number of hydrogen-bond acceptors (Lipinski definition) is 7. The van der Waals surface area contributed by atoms with Crippen LogP contribution in [0.5, 0.6) is 11.5 Å². The lowest BCUT2D eigenvalue weighted by molar-refractivity contribution is -0.292. The van der Waals surface area contributed by atoms with Gasteiger partial charge in [-0.1, -0.05) is 60.7 Å². The lowest BCUT2D eigenvalue weighted by atomic mass is 9.99. The normalized spacial score (nSPS) is 24.5. The van der Waals surface area contributed by atoms with Gasteiger partial charge in [0.25, 0.3) is 0 Å². The number of benzene rings is 3. The van der Waals surface area contributed by atoms with E-state index < -0.39 is 30.7 Å². The molecule has 0 amide bonds. The molecule has 0 bridgehead atoms. The fourth-order valence-electron chi connectivity index (χ4n) is 3.74. The first-order chi connectivity index (χ1) is 16.6. The standard InChI is InChI=1S/C27H30O7/c1-30-21-12-14-22(15-13-21)33-27-26(32-17-20-10-6-3-7-11-20)25(29)24(28)23(34-27)18-31-16-19-8-4-2-5-9-19/h2-15,23-29H,16-18H2,1H3/t23?,24-,25?,26?,27+/m0/s1. The largest absolute Gasteiger partial charge is 0.497 e. The molecule has 3 unspecified atom stereocenters. The van der Waals surface area contributed by atoms with Gasteiger partial charge in [0.05, 0.1) is 26.9 Å². The van der Waals surface area contributed by atoms with E-state index in [1.165, 1.54) is 0 Å². The van der Waals surface area contributed by atoms with Crippen molar-refractivity contribution in [3.8, 4) is 11.5 Å². The maximum atomic E-state index is 10.9. The molecule has 3 aromatic carbocycles. The minimum absolute atomic E-state index is 0.0843. The molecule has 0 aliphatic carbocycles. The van der Waals surface area contributed by atoms with E-state index in [0.717, 1.165) is 11.1 Å². The van der Waals surface area contributed by atoms with Crippen LogP contribution in [0.25, 0.3) is 0 Å². The van der Waals surface area contributed by atoms with Crippen LogP contribution >= 0.6 is 0 Å². The van der Waals surface area contributed by atoms with Gasteiger partial charge in [0.15, 0.2) is 0 Å². The van der Waals surface area contributed by atoms with Gasteiger partial charge < -0.3 is 33.9 Å². The molecule has 5 atom stereocenters. The minimum Gasteiger partial charge on any atom is -0.497 e. The summed E-state index contributed by atoms with van der Waals surface area (Å²) < 4.78 is 29.0. The van der Waals surface area contributed by atoms with Crippen molar-refractivity contribution < 1.29 is 33.9 Å². The molecular weight excluding hydrogens is 436 g/mol. The summed E-state index contributed by atoms with van der Waals surface area (Å²) >= 11 is 0. The van der Waals surface area contributed by atoms with Crippen molar-refractivity contribution in [3.05, 3.63) is 96.1 Å². The van der Waals surface area contributed by atoms with E-state index in [0.29, 0.717) is 18.1 Å². The molecule has 0 spiro atoms. The lowest BCUT2D eigenvalue weighted by Gasteiger charge is -2.42. The Morgan fingerprint density at radius 2 is 1.32 bits per heavy atom. The van der Waals surface area contributed by atoms with Crippen LogP contribution < -0.4 is 9.47 Å². The second kappa shape index (κ2) is 12.0. The van der Waals surface area contributed by atoms with Crippen molar-refractivity contribution in [2.24, 2.45) is 0 Å². The fraction of sp³-hybridized carbons (Fsp3) is 0.333. The SMILES string of the molecule is COc1ccc(O[C@@H]2OC(COCc3ccccc3)[C@H](O)C(O)C2OCc2ccccc2)cc1. The predicted octanol–water partition coefficient (Wildman–Crippen LogP) is 3.32. The van der Waals surface area contributed by atoms with E-state index in [2.05, 4.69) is 0 Å². The molecule has 0 saturated carbocycles. The molecule has 0 aromatic heterocycles. The highest BCUT2D eigenvalue weighted by Gasteiger charge is 2.46. The van der Waals surface area contributed by atoms with Gasteiger partial charge >= 0.3 is 0 Å². The van der Waals surface area contributed by atoms with Crippen LogP contribution in [0.15, 0.2) is 84.9 Å². The van der Waals surface area contributed by atoms with Crippen LogP contribution in [-0.4, -0.2) is 54.6 Å². The summed E-state index contributed by atoms with van der Waals surface area (Å²) in [6.07, 6.45) is -5.10. The van der Waals surface area contributed by atoms with Crippen LogP contribution in [0, 0.1) is 0 Å². The highest BCUT2D eigenvalue weighted by molar-refractivity contribution is 5.31. The zero-order chi connectivity index (χ0) is 23.8. The van der Waals surface area contributed by atoms with Gasteiger partial charge in [0, 0.05) is 0 Å². The average molecular weight is 467 g/mol. The van der Waals surface area contributed by atoms with Crippen LogP contribution in [-0.2, 0) is 27.4 Å². The zero-order valence-electron chi connectivity index (χ0n) is 19.0. The smallest absolute Gasteiger partial charge is 0.229 e. The molecule has 3 aromatic rings. The molecule has 1 aliphatic rings. The molecule has 1 fully saturated rings. The third-order valence-electron chi connectivity index (χ3n) is 5.64. The first-order valence-electron chi connectivity index (χ1n) is 11.2. The number of aliphatic hydroxyl groups excluding tert-OH is 2. The summed E-state index contributed by atoms with van der Waals surface area (Å²) in [5.74, 6) is 1.21. The monoisotopic (exact) mass is 466 g/mol. The van der Waals surface area contributed by atoms with E-state index >= 15 is 0 Å². The van der Waals surface area contributed by atoms with E-state index in [1.807, 2.05) is 60.7 Å². The summed E-state index contributed by atoms with van der Waals surface area (Å²) in [7, 11) is 1.59. The first-order valence-corrected chi connectivity index (χ1v) is 11.2. The summed E-state index contributed by atoms with van der Waals surface area (Å²) in [5.41, 5.74) is 1.93. The molecule has 0 radical (unpaired) electrons. The Morgan fingerprint density at radius 1 is 0.735 bits per heavy atom. The Kier molecular flexibility index (Phi) is 8.51. The Morgan fingerprint density at radius 3 is 1.94 bits per heavy atom. The van der Waals surface area contributed by atoms with Crippen molar-refractivity contribution in [1.29, 1.82) is 0 Å². The Hall–Kier alpha value is -2.94. The van der Waals surface area contributed by atoms with Gasteiger partial charge in [0.1, 0.15) is 35.9 Å². The maximum Gasteiger partial charge on any atom is 0.229 e. The molecule has 7 nitrogen and oxygen atoms in total. The van der Waals surface area contributed by atoms with E-state index in [9.17, 15) is 10.2 Å². The second-order valence-corrected chi connectivity index (χ2v) is 8.08. The van der Waals surface area contributed by atoms with Gasteiger partial charge in [0.2, 0.25) is 6.29 Å². The summed E-state index contributed by atoms with van der Waals surface area (Å²) in [5, 5.41) is 21.7. The van der Waals surface area contributed by atoms with Crippen LogP contribution in [0.4, 0.5) is 0 Å². The van der Waals surface area contributed by atoms with Crippen LogP contribution in [0.2, 0.25) is 0 Å². The number of hydrogen-bond donors (Lipinski definition) is 2. The molecule has 2 N–H and O–H groups in total. The lowest BCUT2D eigenvalue weighted by Crippen LogP contribution is -2.61. The molecule has 1 saturated heterocycles. The number of ether oxygens (including phenoxy) is 5. The Balaban J connectivity index is 1.45. The maximum absolute atomic E-state index is 10.9. The highest BCUT2D eigenvalue weighted by Crippen LogP contribution is 2.28. The molecule has 34 heavy (non-hydrogen) atoms. The molecule has 1 aliphatic heterocycles. The van der Waals surface area contributed by atoms with Crippen molar-refractivity contribution in [1.82, 2.24) is 0 Å². The second-order valence-electron chi connectivity index (χ2n) is 8.08. The topological polar surface area (TPSA) is 86.6 Å². The molecular formula is C27H30O7. The zero-order valence-corrected chi connectivity index (χ0v) is 19.0. The molecule has 1 heterocycles. The van der Waals surface area contributed by atoms with E-state index in [1.54, 1.807) is 31.4 Å². The van der Waals surface area contributed by atoms with E-state index in [-0.39, 0.29) is 13.2 Å². The van der Waals surface area contributed by atoms with Crippen molar-refractivity contribution >= 4 is 0 Å². The van der Waals surface area contributed by atoms with Gasteiger partial charge in [-0.3, -0.25) is 0 Å². The van der Waals surface area contributed by atoms with Crippen LogP contribution in [0.1, 0.15) is 11.1 Å². The third-order valence-corrected chi connectivity index (χ3v) is 5.64. The van der Waals surface area contributed by atoms with Crippen molar-refractivity contribution in [2.75, 3.05) is 13.7 Å². The fourth-order valence-corrected chi connectivity index (χ4v) is 3.74. The predicted molar refractivity (Wildman–Crippen MR) is 125 cm³/mol. The van der Waals surface area contributed by atoms with Gasteiger partial charge in [-0.05, 0) is 35.4 Å². The summed E-state index contributed by atoms with van der Waals surface area (Å²) in [4.78, 5) is 0. The summed E-state index contributed by atoms with van der Waals surface area (Å²) in [6.45, 7) is 0.679. The number of rotatable bonds is 10. The Labute approximate surface area is 199 Å². The quantitative estimate of drug-likeness (QED) is 0.474. The number of aliphatic hydroxyl groups is 2. The third kappa shape index (κ3) is 6.34.